The molecule has 5 rings (SSSR count). The predicted molar refractivity (Wildman–Crippen MR) is 144 cm³/mol. The summed E-state index contributed by atoms with van der Waals surface area (Å²) in [6.07, 6.45) is 2.78. The molecule has 2 aromatic heterocycles. The Bertz CT molecular complexity index is 1380. The Labute approximate surface area is 220 Å². The van der Waals surface area contributed by atoms with E-state index < -0.39 is 5.38 Å². The normalized spacial score (nSPS) is 14.8. The number of amides is 1. The lowest BCUT2D eigenvalue weighted by Crippen LogP contribution is -2.50. The standard InChI is InChI=1S/C28H30ClFN6O/c1-3-4-10-23-31-26(24-19(2)33-36(27(24)32-23)22-13-11-21(30)12-14-22)34-15-17-35(18-16-34)28(37)25(29)20-8-6-5-7-9-20/h5-9,11-14,25H,3-4,10,15-18H2,1-2H3/t25-/m0/s1. The molecule has 0 N–H and O–H groups in total. The van der Waals surface area contributed by atoms with Crippen molar-refractivity contribution in [3.63, 3.8) is 0 Å². The van der Waals surface area contributed by atoms with Gasteiger partial charge in [0, 0.05) is 32.6 Å². The van der Waals surface area contributed by atoms with E-state index >= 15 is 0 Å². The molecule has 1 fully saturated rings. The highest BCUT2D eigenvalue weighted by Gasteiger charge is 2.29. The fourth-order valence-corrected chi connectivity index (χ4v) is 4.99. The smallest absolute Gasteiger partial charge is 0.245 e. The van der Waals surface area contributed by atoms with Crippen LogP contribution in [-0.4, -0.2) is 56.7 Å². The van der Waals surface area contributed by atoms with Gasteiger partial charge < -0.3 is 9.80 Å². The first-order valence-electron chi connectivity index (χ1n) is 12.7. The SMILES string of the molecule is CCCCc1nc(N2CCN(C(=O)[C@@H](Cl)c3ccccc3)CC2)c2c(C)nn(-c3ccc(F)cc3)c2n1. The number of hydrogen-bond acceptors (Lipinski definition) is 5. The lowest BCUT2D eigenvalue weighted by molar-refractivity contribution is -0.131. The molecule has 0 aliphatic carbocycles. The lowest BCUT2D eigenvalue weighted by Gasteiger charge is -2.36. The molecule has 0 radical (unpaired) electrons. The van der Waals surface area contributed by atoms with Gasteiger partial charge in [0.1, 0.15) is 22.8 Å². The van der Waals surface area contributed by atoms with Gasteiger partial charge in [0.25, 0.3) is 0 Å². The van der Waals surface area contributed by atoms with E-state index in [9.17, 15) is 9.18 Å². The lowest BCUT2D eigenvalue weighted by atomic mass is 10.1. The van der Waals surface area contributed by atoms with Gasteiger partial charge in [-0.25, -0.2) is 19.0 Å². The summed E-state index contributed by atoms with van der Waals surface area (Å²) >= 11 is 6.52. The third-order valence-corrected chi connectivity index (χ3v) is 7.19. The monoisotopic (exact) mass is 520 g/mol. The molecule has 1 amide bonds. The Morgan fingerprint density at radius 2 is 1.73 bits per heavy atom. The number of halogens is 2. The zero-order valence-corrected chi connectivity index (χ0v) is 21.8. The summed E-state index contributed by atoms with van der Waals surface area (Å²) in [4.78, 5) is 27.0. The van der Waals surface area contributed by atoms with Crippen molar-refractivity contribution in [2.45, 2.75) is 38.5 Å². The number of benzene rings is 2. The average Bonchev–Trinajstić information content (AvgIpc) is 3.27. The van der Waals surface area contributed by atoms with Gasteiger partial charge in [-0.05, 0) is 43.2 Å². The van der Waals surface area contributed by atoms with Crippen molar-refractivity contribution in [2.75, 3.05) is 31.1 Å². The van der Waals surface area contributed by atoms with E-state index in [2.05, 4.69) is 11.8 Å². The zero-order valence-electron chi connectivity index (χ0n) is 21.1. The first kappa shape index (κ1) is 25.1. The second-order valence-corrected chi connectivity index (χ2v) is 9.76. The van der Waals surface area contributed by atoms with E-state index in [-0.39, 0.29) is 11.7 Å². The van der Waals surface area contributed by atoms with Gasteiger partial charge in [-0.1, -0.05) is 43.7 Å². The minimum atomic E-state index is -0.699. The van der Waals surface area contributed by atoms with Crippen LogP contribution in [-0.2, 0) is 11.2 Å². The highest BCUT2D eigenvalue weighted by atomic mass is 35.5. The van der Waals surface area contributed by atoms with Gasteiger partial charge in [-0.2, -0.15) is 5.10 Å². The van der Waals surface area contributed by atoms with Gasteiger partial charge in [0.15, 0.2) is 5.65 Å². The number of anilines is 1. The molecule has 1 aliphatic rings. The van der Waals surface area contributed by atoms with Crippen LogP contribution in [0.15, 0.2) is 54.6 Å². The zero-order chi connectivity index (χ0) is 25.9. The molecule has 7 nitrogen and oxygen atoms in total. The molecule has 2 aromatic carbocycles. The number of carbonyl (C=O) groups excluding carboxylic acids is 1. The Balaban J connectivity index is 1.44. The van der Waals surface area contributed by atoms with E-state index in [1.165, 1.54) is 12.1 Å². The fraction of sp³-hybridized carbons (Fsp3) is 0.357. The van der Waals surface area contributed by atoms with Crippen LogP contribution >= 0.6 is 11.6 Å². The molecular formula is C28H30ClFN6O. The maximum atomic E-state index is 13.6. The molecule has 1 saturated heterocycles. The van der Waals surface area contributed by atoms with Crippen LogP contribution in [0.25, 0.3) is 16.7 Å². The van der Waals surface area contributed by atoms with E-state index in [4.69, 9.17) is 26.7 Å². The first-order chi connectivity index (χ1) is 18.0. The molecule has 0 bridgehead atoms. The number of aryl methyl sites for hydroxylation is 2. The maximum absolute atomic E-state index is 13.6. The summed E-state index contributed by atoms with van der Waals surface area (Å²) < 4.78 is 15.3. The molecule has 0 saturated carbocycles. The largest absolute Gasteiger partial charge is 0.352 e. The number of nitrogens with zero attached hydrogens (tertiary/aromatic N) is 6. The number of carbonyl (C=O) groups is 1. The van der Waals surface area contributed by atoms with Crippen molar-refractivity contribution in [1.82, 2.24) is 24.6 Å². The number of aromatic nitrogens is 4. The minimum absolute atomic E-state index is 0.0794. The van der Waals surface area contributed by atoms with Crippen LogP contribution in [0.1, 0.15) is 42.2 Å². The molecule has 192 valence electrons. The van der Waals surface area contributed by atoms with Crippen LogP contribution in [0.2, 0.25) is 0 Å². The number of piperazine rings is 1. The molecule has 1 atom stereocenters. The average molecular weight is 521 g/mol. The Hall–Kier alpha value is -3.52. The maximum Gasteiger partial charge on any atom is 0.245 e. The second-order valence-electron chi connectivity index (χ2n) is 9.32. The van der Waals surface area contributed by atoms with E-state index in [0.29, 0.717) is 31.8 Å². The van der Waals surface area contributed by atoms with E-state index in [1.54, 1.807) is 16.8 Å². The highest BCUT2D eigenvalue weighted by molar-refractivity contribution is 6.30. The fourth-order valence-electron chi connectivity index (χ4n) is 4.71. The van der Waals surface area contributed by atoms with Crippen LogP contribution in [0, 0.1) is 12.7 Å². The molecule has 9 heteroatoms. The van der Waals surface area contributed by atoms with Crippen LogP contribution in [0.5, 0.6) is 0 Å². The van der Waals surface area contributed by atoms with Crippen LogP contribution < -0.4 is 4.90 Å². The number of hydrogen-bond donors (Lipinski definition) is 0. The summed E-state index contributed by atoms with van der Waals surface area (Å²) in [6, 6.07) is 15.7. The summed E-state index contributed by atoms with van der Waals surface area (Å²) in [7, 11) is 0. The minimum Gasteiger partial charge on any atom is -0.352 e. The molecule has 0 spiro atoms. The van der Waals surface area contributed by atoms with Crippen molar-refractivity contribution in [3.8, 4) is 5.69 Å². The van der Waals surface area contributed by atoms with Gasteiger partial charge in [-0.15, -0.1) is 11.6 Å². The van der Waals surface area contributed by atoms with Crippen LogP contribution in [0.4, 0.5) is 10.2 Å². The first-order valence-corrected chi connectivity index (χ1v) is 13.1. The molecule has 4 aromatic rings. The topological polar surface area (TPSA) is 67.2 Å². The summed E-state index contributed by atoms with van der Waals surface area (Å²) in [5.41, 5.74) is 3.07. The highest BCUT2D eigenvalue weighted by Crippen LogP contribution is 2.31. The molecular weight excluding hydrogens is 491 g/mol. The Morgan fingerprint density at radius 3 is 2.41 bits per heavy atom. The molecule has 3 heterocycles. The van der Waals surface area contributed by atoms with Gasteiger partial charge in [0.2, 0.25) is 5.91 Å². The summed E-state index contributed by atoms with van der Waals surface area (Å²) in [5.74, 6) is 1.22. The van der Waals surface area contributed by atoms with Crippen molar-refractivity contribution in [1.29, 1.82) is 0 Å². The number of fused-ring (bicyclic) bond motifs is 1. The van der Waals surface area contributed by atoms with Gasteiger partial charge in [-0.3, -0.25) is 4.79 Å². The van der Waals surface area contributed by atoms with Crippen molar-refractivity contribution in [3.05, 3.63) is 77.5 Å². The van der Waals surface area contributed by atoms with E-state index in [0.717, 1.165) is 53.2 Å². The molecule has 37 heavy (non-hydrogen) atoms. The Kier molecular flexibility index (Phi) is 7.37. The summed E-state index contributed by atoms with van der Waals surface area (Å²) in [5, 5.41) is 4.93. The second kappa shape index (κ2) is 10.8. The van der Waals surface area contributed by atoms with Crippen molar-refractivity contribution in [2.24, 2.45) is 0 Å². The van der Waals surface area contributed by atoms with Gasteiger partial charge in [0.05, 0.1) is 16.8 Å². The third kappa shape index (κ3) is 5.16. The quantitative estimate of drug-likeness (QED) is 0.312. The number of rotatable bonds is 7. The van der Waals surface area contributed by atoms with E-state index in [1.807, 2.05) is 42.2 Å². The predicted octanol–water partition coefficient (Wildman–Crippen LogP) is 5.23. The number of alkyl halides is 1. The van der Waals surface area contributed by atoms with Crippen molar-refractivity contribution >= 4 is 34.4 Å². The van der Waals surface area contributed by atoms with Gasteiger partial charge >= 0.3 is 0 Å². The van der Waals surface area contributed by atoms with Crippen LogP contribution in [0.3, 0.4) is 0 Å². The molecule has 0 unspecified atom stereocenters. The summed E-state index contributed by atoms with van der Waals surface area (Å²) in [6.45, 7) is 6.45. The molecule has 1 aliphatic heterocycles. The Morgan fingerprint density at radius 1 is 1.03 bits per heavy atom. The van der Waals surface area contributed by atoms with Crippen molar-refractivity contribution < 1.29 is 9.18 Å². The number of unbranched alkanes of at least 4 members (excludes halogenated alkanes) is 1. The third-order valence-electron chi connectivity index (χ3n) is 6.75.